The lowest BCUT2D eigenvalue weighted by Gasteiger charge is -2.09. The molecule has 4 nitrogen and oxygen atoms in total. The zero-order valence-electron chi connectivity index (χ0n) is 13.4. The van der Waals surface area contributed by atoms with Gasteiger partial charge in [0.15, 0.2) is 0 Å². The number of alkyl halides is 3. The van der Waals surface area contributed by atoms with E-state index in [1.807, 2.05) is 12.1 Å². The maximum absolute atomic E-state index is 12.8. The van der Waals surface area contributed by atoms with Gasteiger partial charge < -0.3 is 9.30 Å². The van der Waals surface area contributed by atoms with E-state index in [-0.39, 0.29) is 6.54 Å². The number of ether oxygens (including phenoxy) is 1. The van der Waals surface area contributed by atoms with E-state index in [0.29, 0.717) is 16.5 Å². The number of rotatable bonds is 4. The fourth-order valence-electron chi connectivity index (χ4n) is 2.35. The molecule has 3 aromatic rings. The van der Waals surface area contributed by atoms with Crippen LogP contribution in [0.5, 0.6) is 5.75 Å². The molecule has 0 saturated carbocycles. The number of pyridine rings is 1. The highest BCUT2D eigenvalue weighted by Crippen LogP contribution is 2.34. The van der Waals surface area contributed by atoms with Crippen LogP contribution < -0.4 is 10.3 Å². The first-order valence-corrected chi connectivity index (χ1v) is 9.01. The van der Waals surface area contributed by atoms with Gasteiger partial charge in [-0.1, -0.05) is 15.9 Å². The van der Waals surface area contributed by atoms with E-state index < -0.39 is 17.3 Å². The smallest absolute Gasteiger partial charge is 0.417 e. The van der Waals surface area contributed by atoms with Crippen LogP contribution in [-0.2, 0) is 12.7 Å². The molecule has 0 aliphatic heterocycles. The van der Waals surface area contributed by atoms with Crippen molar-refractivity contribution in [2.75, 3.05) is 7.11 Å². The summed E-state index contributed by atoms with van der Waals surface area (Å²) in [6, 6.07) is 7.15. The van der Waals surface area contributed by atoms with Crippen molar-refractivity contribution >= 4 is 27.3 Å². The lowest BCUT2D eigenvalue weighted by atomic mass is 10.2. The molecular weight excluding hydrogens is 433 g/mol. The predicted molar refractivity (Wildman–Crippen MR) is 96.6 cm³/mol. The molecule has 0 saturated heterocycles. The minimum atomic E-state index is -4.51. The quantitative estimate of drug-likeness (QED) is 0.579. The SMILES string of the molecule is COc1ccc(Br)cc1-c1nc(Cn2cc(C(F)(F)F)ccc2=O)cs1. The monoisotopic (exact) mass is 444 g/mol. The Morgan fingerprint density at radius 1 is 1.27 bits per heavy atom. The summed E-state index contributed by atoms with van der Waals surface area (Å²) in [6.45, 7) is -0.0461. The largest absolute Gasteiger partial charge is 0.496 e. The van der Waals surface area contributed by atoms with Gasteiger partial charge in [-0.3, -0.25) is 4.79 Å². The standard InChI is InChI=1S/C17H12BrF3N2O2S/c1-25-14-4-3-11(18)6-13(14)16-22-12(9-26-16)8-23-7-10(17(19,20)21)2-5-15(23)24/h2-7,9H,8H2,1H3. The maximum atomic E-state index is 12.8. The number of nitrogens with zero attached hydrogens (tertiary/aromatic N) is 2. The fourth-order valence-corrected chi connectivity index (χ4v) is 3.54. The van der Waals surface area contributed by atoms with Crippen LogP contribution in [-0.4, -0.2) is 16.7 Å². The van der Waals surface area contributed by atoms with Gasteiger partial charge in [0.1, 0.15) is 10.8 Å². The van der Waals surface area contributed by atoms with Crippen LogP contribution in [0, 0.1) is 0 Å². The highest BCUT2D eigenvalue weighted by Gasteiger charge is 2.31. The topological polar surface area (TPSA) is 44.1 Å². The van der Waals surface area contributed by atoms with E-state index in [0.717, 1.165) is 32.9 Å². The molecule has 2 heterocycles. The van der Waals surface area contributed by atoms with Gasteiger partial charge in [0, 0.05) is 22.1 Å². The first-order chi connectivity index (χ1) is 12.3. The number of benzene rings is 1. The molecule has 0 aliphatic carbocycles. The molecule has 0 aliphatic rings. The van der Waals surface area contributed by atoms with E-state index in [9.17, 15) is 18.0 Å². The summed E-state index contributed by atoms with van der Waals surface area (Å²) in [7, 11) is 1.55. The maximum Gasteiger partial charge on any atom is 0.417 e. The first kappa shape index (κ1) is 18.7. The highest BCUT2D eigenvalue weighted by atomic mass is 79.9. The lowest BCUT2D eigenvalue weighted by Crippen LogP contribution is -2.22. The van der Waals surface area contributed by atoms with Gasteiger partial charge >= 0.3 is 6.18 Å². The molecule has 0 unspecified atom stereocenters. The number of thiazole rings is 1. The first-order valence-electron chi connectivity index (χ1n) is 7.34. The van der Waals surface area contributed by atoms with Crippen LogP contribution in [0.1, 0.15) is 11.3 Å². The molecule has 1 aromatic carbocycles. The third-order valence-corrected chi connectivity index (χ3v) is 5.00. The third kappa shape index (κ3) is 3.99. The Kier molecular flexibility index (Phi) is 5.19. The van der Waals surface area contributed by atoms with Gasteiger partial charge in [-0.2, -0.15) is 13.2 Å². The van der Waals surface area contributed by atoms with Crippen molar-refractivity contribution in [1.29, 1.82) is 0 Å². The second kappa shape index (κ2) is 7.24. The molecule has 3 rings (SSSR count). The summed E-state index contributed by atoms with van der Waals surface area (Å²) in [5.41, 5.74) is -0.142. The third-order valence-electron chi connectivity index (χ3n) is 3.59. The minimum absolute atomic E-state index is 0.0461. The zero-order chi connectivity index (χ0) is 18.9. The van der Waals surface area contributed by atoms with Crippen molar-refractivity contribution in [2.45, 2.75) is 12.7 Å². The Labute approximate surface area is 159 Å². The van der Waals surface area contributed by atoms with Gasteiger partial charge in [0.25, 0.3) is 5.56 Å². The van der Waals surface area contributed by atoms with Crippen molar-refractivity contribution in [1.82, 2.24) is 9.55 Å². The Morgan fingerprint density at radius 3 is 2.73 bits per heavy atom. The number of methoxy groups -OCH3 is 1. The second-order valence-electron chi connectivity index (χ2n) is 5.37. The van der Waals surface area contributed by atoms with E-state index in [1.54, 1.807) is 18.6 Å². The zero-order valence-corrected chi connectivity index (χ0v) is 15.8. The van der Waals surface area contributed by atoms with Crippen LogP contribution in [0.25, 0.3) is 10.6 Å². The minimum Gasteiger partial charge on any atom is -0.496 e. The molecule has 26 heavy (non-hydrogen) atoms. The van der Waals surface area contributed by atoms with Crippen molar-refractivity contribution in [3.8, 4) is 16.3 Å². The van der Waals surface area contributed by atoms with Gasteiger partial charge in [-0.25, -0.2) is 4.98 Å². The van der Waals surface area contributed by atoms with E-state index in [2.05, 4.69) is 20.9 Å². The fraction of sp³-hybridized carbons (Fsp3) is 0.176. The number of hydrogen-bond donors (Lipinski definition) is 0. The van der Waals surface area contributed by atoms with Crippen molar-refractivity contribution in [3.63, 3.8) is 0 Å². The molecule has 0 bridgehead atoms. The van der Waals surface area contributed by atoms with Crippen LogP contribution in [0.3, 0.4) is 0 Å². The van der Waals surface area contributed by atoms with Crippen LogP contribution in [0.15, 0.2) is 51.2 Å². The Hall–Kier alpha value is -2.13. The van der Waals surface area contributed by atoms with Gasteiger partial charge in [-0.15, -0.1) is 11.3 Å². The summed E-state index contributed by atoms with van der Waals surface area (Å²) in [6.07, 6.45) is -3.70. The molecule has 0 amide bonds. The second-order valence-corrected chi connectivity index (χ2v) is 7.14. The molecule has 0 radical (unpaired) electrons. The molecule has 2 aromatic heterocycles. The van der Waals surface area contributed by atoms with Gasteiger partial charge in [0.2, 0.25) is 0 Å². The molecule has 9 heteroatoms. The molecule has 0 N–H and O–H groups in total. The van der Waals surface area contributed by atoms with Crippen molar-refractivity contribution in [3.05, 3.63) is 68.0 Å². The van der Waals surface area contributed by atoms with Crippen molar-refractivity contribution < 1.29 is 17.9 Å². The molecule has 0 spiro atoms. The average Bonchev–Trinajstić information content (AvgIpc) is 3.04. The van der Waals surface area contributed by atoms with E-state index >= 15 is 0 Å². The van der Waals surface area contributed by atoms with E-state index in [1.165, 1.54) is 11.3 Å². The normalized spacial score (nSPS) is 11.6. The lowest BCUT2D eigenvalue weighted by molar-refractivity contribution is -0.138. The summed E-state index contributed by atoms with van der Waals surface area (Å²) in [4.78, 5) is 16.3. The molecular formula is C17H12BrF3N2O2S. The van der Waals surface area contributed by atoms with Gasteiger partial charge in [-0.05, 0) is 24.3 Å². The number of hydrogen-bond acceptors (Lipinski definition) is 4. The van der Waals surface area contributed by atoms with Gasteiger partial charge in [0.05, 0.1) is 30.5 Å². The summed E-state index contributed by atoms with van der Waals surface area (Å²) in [5.74, 6) is 0.630. The van der Waals surface area contributed by atoms with Crippen LogP contribution in [0.4, 0.5) is 13.2 Å². The average molecular weight is 445 g/mol. The van der Waals surface area contributed by atoms with Crippen molar-refractivity contribution in [2.24, 2.45) is 0 Å². The van der Waals surface area contributed by atoms with Crippen LogP contribution in [0.2, 0.25) is 0 Å². The Bertz CT molecular complexity index is 998. The Balaban J connectivity index is 1.93. The summed E-state index contributed by atoms with van der Waals surface area (Å²) >= 11 is 4.71. The van der Waals surface area contributed by atoms with Crippen LogP contribution >= 0.6 is 27.3 Å². The Morgan fingerprint density at radius 2 is 2.04 bits per heavy atom. The molecule has 0 atom stereocenters. The van der Waals surface area contributed by atoms with E-state index in [4.69, 9.17) is 4.74 Å². The predicted octanol–water partition coefficient (Wildman–Crippen LogP) is 4.81. The number of halogens is 4. The summed E-state index contributed by atoms with van der Waals surface area (Å²) < 4.78 is 45.7. The molecule has 0 fully saturated rings. The number of aromatic nitrogens is 2. The summed E-state index contributed by atoms with van der Waals surface area (Å²) in [5, 5.41) is 2.36. The molecule has 136 valence electrons. The highest BCUT2D eigenvalue weighted by molar-refractivity contribution is 9.10.